The molecule has 0 saturated heterocycles. The van der Waals surface area contributed by atoms with Gasteiger partial charge in [0, 0.05) is 0 Å². The first kappa shape index (κ1) is 6.39. The van der Waals surface area contributed by atoms with Crippen LogP contribution in [0.4, 0.5) is 0 Å². The van der Waals surface area contributed by atoms with E-state index in [1.54, 1.807) is 0 Å². The summed E-state index contributed by atoms with van der Waals surface area (Å²) in [7, 11) is 0. The summed E-state index contributed by atoms with van der Waals surface area (Å²) in [6.45, 7) is -0.484. The van der Waals surface area contributed by atoms with Gasteiger partial charge in [0.25, 0.3) is 0 Å². The SMILES string of the molecule is [O-][O+]=C[C@H](O)CO. The lowest BCUT2D eigenvalue weighted by atomic mass is 10.4. The second-order valence-corrected chi connectivity index (χ2v) is 0.982. The summed E-state index contributed by atoms with van der Waals surface area (Å²) in [6, 6.07) is 0. The molecule has 0 rings (SSSR count). The van der Waals surface area contributed by atoms with Gasteiger partial charge in [0.15, 0.2) is 6.10 Å². The van der Waals surface area contributed by atoms with Gasteiger partial charge >= 0.3 is 6.29 Å². The highest BCUT2D eigenvalue weighted by molar-refractivity contribution is 5.55. The Morgan fingerprint density at radius 2 is 2.43 bits per heavy atom. The maximum Gasteiger partial charge on any atom is 0.348 e. The highest BCUT2D eigenvalue weighted by Crippen LogP contribution is 1.67. The van der Waals surface area contributed by atoms with E-state index in [1.165, 1.54) is 0 Å². The van der Waals surface area contributed by atoms with Crippen LogP contribution in [0.5, 0.6) is 0 Å². The summed E-state index contributed by atoms with van der Waals surface area (Å²) in [5.74, 6) is 0. The number of aldehydes is 1. The molecule has 0 bridgehead atoms. The monoisotopic (exact) mass is 106 g/mol. The number of aliphatic hydroxyl groups is 2. The molecule has 2 N–H and O–H groups in total. The van der Waals surface area contributed by atoms with E-state index in [-0.39, 0.29) is 0 Å². The van der Waals surface area contributed by atoms with Crippen LogP contribution in [0.1, 0.15) is 0 Å². The molecule has 0 aromatic heterocycles. The molecular formula is C3H6O4. The van der Waals surface area contributed by atoms with Gasteiger partial charge in [-0.1, -0.05) is 0 Å². The van der Waals surface area contributed by atoms with Gasteiger partial charge in [0.2, 0.25) is 0 Å². The zero-order chi connectivity index (χ0) is 5.70. The molecule has 0 heterocycles. The average molecular weight is 106 g/mol. The molecule has 0 aliphatic rings. The van der Waals surface area contributed by atoms with E-state index in [1.807, 2.05) is 0 Å². The van der Waals surface area contributed by atoms with Gasteiger partial charge in [-0.15, -0.1) is 0 Å². The van der Waals surface area contributed by atoms with Crippen LogP contribution in [0.25, 0.3) is 0 Å². The molecule has 0 fully saturated rings. The molecule has 0 aromatic rings. The Morgan fingerprint density at radius 3 is 2.57 bits per heavy atom. The van der Waals surface area contributed by atoms with Gasteiger partial charge < -0.3 is 15.5 Å². The second kappa shape index (κ2) is 3.58. The smallest absolute Gasteiger partial charge is 0.348 e. The van der Waals surface area contributed by atoms with E-state index < -0.39 is 12.7 Å². The molecule has 7 heavy (non-hydrogen) atoms. The highest BCUT2D eigenvalue weighted by Gasteiger charge is 2.00. The molecule has 0 aliphatic heterocycles. The van der Waals surface area contributed by atoms with E-state index in [4.69, 9.17) is 15.5 Å². The largest absolute Gasteiger partial charge is 0.463 e. The van der Waals surface area contributed by atoms with Crippen LogP contribution in [0.15, 0.2) is 0 Å². The molecule has 0 amide bonds. The summed E-state index contributed by atoms with van der Waals surface area (Å²) in [6.07, 6.45) is -0.558. The summed E-state index contributed by atoms with van der Waals surface area (Å²) in [4.78, 5) is 0. The Labute approximate surface area is 40.3 Å². The maximum absolute atomic E-state index is 9.07. The number of aliphatic hydroxyl groups excluding tert-OH is 2. The Kier molecular flexibility index (Phi) is 3.26. The fourth-order valence-corrected chi connectivity index (χ4v) is 0.107. The molecule has 0 spiro atoms. The van der Waals surface area contributed by atoms with Crippen LogP contribution in [-0.4, -0.2) is 29.2 Å². The molecule has 0 unspecified atom stereocenters. The lowest BCUT2D eigenvalue weighted by Gasteiger charge is -1.86. The Morgan fingerprint density at radius 1 is 1.86 bits per heavy atom. The zero-order valence-corrected chi connectivity index (χ0v) is 3.57. The van der Waals surface area contributed by atoms with Crippen molar-refractivity contribution in [1.29, 1.82) is 0 Å². The Hall–Kier alpha value is -0.610. The number of hydrogen-bond acceptors (Lipinski definition) is 3. The van der Waals surface area contributed by atoms with Crippen LogP contribution in [-0.2, 0) is 4.58 Å². The lowest BCUT2D eigenvalue weighted by molar-refractivity contribution is -1.04. The molecular weight excluding hydrogens is 100 g/mol. The topological polar surface area (TPSA) is 74.8 Å². The van der Waals surface area contributed by atoms with Gasteiger partial charge in [-0.3, -0.25) is 0 Å². The van der Waals surface area contributed by atoms with Crippen molar-refractivity contribution in [3.63, 3.8) is 0 Å². The van der Waals surface area contributed by atoms with Crippen LogP contribution >= 0.6 is 0 Å². The number of rotatable bonds is 2. The molecule has 0 aromatic carbocycles. The van der Waals surface area contributed by atoms with E-state index >= 15 is 0 Å². The average Bonchev–Trinajstić information content (AvgIpc) is 1.68. The van der Waals surface area contributed by atoms with Crippen LogP contribution in [0.2, 0.25) is 0 Å². The van der Waals surface area contributed by atoms with Crippen molar-refractivity contribution in [3.8, 4) is 0 Å². The fourth-order valence-electron chi connectivity index (χ4n) is 0.107. The van der Waals surface area contributed by atoms with Gasteiger partial charge in [-0.25, -0.2) is 0 Å². The predicted octanol–water partition coefficient (Wildman–Crippen LogP) is -2.65. The van der Waals surface area contributed by atoms with Gasteiger partial charge in [-0.05, 0) is 0 Å². The van der Waals surface area contributed by atoms with E-state index in [0.29, 0.717) is 6.29 Å². The third-order valence-corrected chi connectivity index (χ3v) is 0.400. The van der Waals surface area contributed by atoms with Crippen molar-refractivity contribution < 1.29 is 20.0 Å². The second-order valence-electron chi connectivity index (χ2n) is 0.982. The summed E-state index contributed by atoms with van der Waals surface area (Å²) in [5, 5.41) is 25.3. The minimum atomic E-state index is -1.16. The van der Waals surface area contributed by atoms with Gasteiger partial charge in [-0.2, -0.15) is 4.58 Å². The lowest BCUT2D eigenvalue weighted by Crippen LogP contribution is -2.16. The number of hydrogen-bond donors (Lipinski definition) is 2. The Bertz CT molecular complexity index is 60.0. The fraction of sp³-hybridized carbons (Fsp3) is 0.667. The van der Waals surface area contributed by atoms with Crippen LogP contribution < -0.4 is 5.26 Å². The summed E-state index contributed by atoms with van der Waals surface area (Å²) >= 11 is 0. The molecule has 0 radical (unpaired) electrons. The highest BCUT2D eigenvalue weighted by atomic mass is 17.1. The van der Waals surface area contributed by atoms with E-state index in [0.717, 1.165) is 0 Å². The predicted molar refractivity (Wildman–Crippen MR) is 19.2 cm³/mol. The first-order chi connectivity index (χ1) is 3.31. The van der Waals surface area contributed by atoms with Crippen molar-refractivity contribution in [2.45, 2.75) is 6.10 Å². The zero-order valence-electron chi connectivity index (χ0n) is 3.57. The minimum absolute atomic E-state index is 0.484. The minimum Gasteiger partial charge on any atom is -0.463 e. The number of carbonyl (C=O) groups excluding carboxylic acids is 1. The summed E-state index contributed by atoms with van der Waals surface area (Å²) in [5.41, 5.74) is 0. The van der Waals surface area contributed by atoms with Crippen molar-refractivity contribution in [2.75, 3.05) is 6.61 Å². The molecule has 0 saturated carbocycles. The van der Waals surface area contributed by atoms with Gasteiger partial charge in [0.1, 0.15) is 0 Å². The Balaban J connectivity index is 3.16. The van der Waals surface area contributed by atoms with Crippen molar-refractivity contribution in [1.82, 2.24) is 0 Å². The van der Waals surface area contributed by atoms with Gasteiger partial charge in [0.05, 0.1) is 6.61 Å². The third kappa shape index (κ3) is 3.21. The molecule has 4 nitrogen and oxygen atoms in total. The van der Waals surface area contributed by atoms with E-state index in [9.17, 15) is 0 Å². The third-order valence-electron chi connectivity index (χ3n) is 0.400. The molecule has 4 heteroatoms. The van der Waals surface area contributed by atoms with Crippen molar-refractivity contribution in [3.05, 3.63) is 0 Å². The summed E-state index contributed by atoms with van der Waals surface area (Å²) < 4.78 is 3.11. The molecule has 42 valence electrons. The first-order valence-electron chi connectivity index (χ1n) is 1.72. The quantitative estimate of drug-likeness (QED) is 0.175. The van der Waals surface area contributed by atoms with Crippen molar-refractivity contribution in [2.24, 2.45) is 0 Å². The van der Waals surface area contributed by atoms with Crippen molar-refractivity contribution >= 4 is 6.29 Å². The maximum atomic E-state index is 9.07. The van der Waals surface area contributed by atoms with Crippen LogP contribution in [0.3, 0.4) is 0 Å². The normalized spacial score (nSPS) is 15.1. The van der Waals surface area contributed by atoms with E-state index in [2.05, 4.69) is 4.58 Å². The first-order valence-corrected chi connectivity index (χ1v) is 1.72. The molecule has 0 aliphatic carbocycles. The standard InChI is InChI=1S/C3H6O4/c4-1-3(5)2-7-6/h2-5H,1H2/t3-/m1/s1. The molecule has 1 atom stereocenters. The van der Waals surface area contributed by atoms with Crippen LogP contribution in [0, 0.1) is 0 Å².